The molecule has 0 spiro atoms. The first-order valence-electron chi connectivity index (χ1n) is 11.4. The smallest absolute Gasteiger partial charge is 0.301 e. The first-order chi connectivity index (χ1) is 16.0. The standard InChI is InChI=1S/C27H26N4O2/c1-16(2)23-20-13-14-21(23)24-22(20)15-29(18-11-9-17(3)10-12-18)25(24)31-27(33)30(26(32)28-31)19-7-5-4-6-8-19/h4-12,15,20-21H,13-14H2,1-3H3,(H,28,32). The topological polar surface area (TPSA) is 64.7 Å². The second-order valence-corrected chi connectivity index (χ2v) is 9.37. The van der Waals surface area contributed by atoms with Crippen LogP contribution in [0.2, 0.25) is 0 Å². The molecule has 2 aliphatic carbocycles. The van der Waals surface area contributed by atoms with Crippen molar-refractivity contribution in [2.45, 2.75) is 45.4 Å². The quantitative estimate of drug-likeness (QED) is 0.470. The summed E-state index contributed by atoms with van der Waals surface area (Å²) in [6.07, 6.45) is 4.38. The lowest BCUT2D eigenvalue weighted by Crippen LogP contribution is -2.27. The average Bonchev–Trinajstić information content (AvgIpc) is 3.53. The van der Waals surface area contributed by atoms with E-state index in [1.807, 2.05) is 18.2 Å². The highest BCUT2D eigenvalue weighted by Gasteiger charge is 2.46. The number of nitrogens with zero attached hydrogens (tertiary/aromatic N) is 3. The molecule has 2 unspecified atom stereocenters. The first kappa shape index (κ1) is 19.9. The Bertz CT molecular complexity index is 1520. The van der Waals surface area contributed by atoms with E-state index < -0.39 is 5.69 Å². The highest BCUT2D eigenvalue weighted by atomic mass is 16.2. The third kappa shape index (κ3) is 2.80. The van der Waals surface area contributed by atoms with Gasteiger partial charge in [0.05, 0.1) is 5.69 Å². The van der Waals surface area contributed by atoms with Gasteiger partial charge in [0, 0.05) is 29.3 Å². The Kier molecular flexibility index (Phi) is 4.27. The van der Waals surface area contributed by atoms with Crippen LogP contribution in [0.15, 0.2) is 81.5 Å². The summed E-state index contributed by atoms with van der Waals surface area (Å²) in [5.41, 5.74) is 7.16. The summed E-state index contributed by atoms with van der Waals surface area (Å²) in [5.74, 6) is 1.42. The minimum absolute atomic E-state index is 0.284. The lowest BCUT2D eigenvalue weighted by Gasteiger charge is -2.16. The van der Waals surface area contributed by atoms with Crippen LogP contribution >= 0.6 is 0 Å². The summed E-state index contributed by atoms with van der Waals surface area (Å²) in [6.45, 7) is 6.42. The molecule has 1 fully saturated rings. The van der Waals surface area contributed by atoms with Crippen molar-refractivity contribution in [2.24, 2.45) is 0 Å². The van der Waals surface area contributed by atoms with E-state index in [4.69, 9.17) is 0 Å². The van der Waals surface area contributed by atoms with Gasteiger partial charge in [-0.15, -0.1) is 0 Å². The van der Waals surface area contributed by atoms with Crippen molar-refractivity contribution >= 4 is 0 Å². The Morgan fingerprint density at radius 1 is 0.909 bits per heavy atom. The first-order valence-corrected chi connectivity index (χ1v) is 11.4. The molecule has 1 N–H and O–H groups in total. The van der Waals surface area contributed by atoms with Gasteiger partial charge in [-0.25, -0.2) is 19.3 Å². The van der Waals surface area contributed by atoms with E-state index in [2.05, 4.69) is 60.9 Å². The van der Waals surface area contributed by atoms with E-state index in [9.17, 15) is 9.59 Å². The fourth-order valence-corrected chi connectivity index (χ4v) is 5.83. The van der Waals surface area contributed by atoms with Crippen LogP contribution in [0.5, 0.6) is 0 Å². The second-order valence-electron chi connectivity index (χ2n) is 9.37. The van der Waals surface area contributed by atoms with E-state index in [1.165, 1.54) is 37.1 Å². The number of aromatic amines is 1. The number of hydrogen-bond acceptors (Lipinski definition) is 2. The molecule has 6 nitrogen and oxygen atoms in total. The SMILES string of the molecule is CC(C)=C1C2CCC1c1c2cn(-c2ccc(C)cc2)c1-n1[nH]c(=O)n(-c2ccccc2)c1=O. The molecular weight excluding hydrogens is 412 g/mol. The van der Waals surface area contributed by atoms with Gasteiger partial charge in [-0.3, -0.25) is 0 Å². The molecule has 2 atom stereocenters. The van der Waals surface area contributed by atoms with E-state index in [0.29, 0.717) is 11.6 Å². The van der Waals surface area contributed by atoms with Gasteiger partial charge in [0.15, 0.2) is 0 Å². The van der Waals surface area contributed by atoms with Gasteiger partial charge in [0.25, 0.3) is 0 Å². The third-order valence-electron chi connectivity index (χ3n) is 7.18. The van der Waals surface area contributed by atoms with Gasteiger partial charge in [-0.05, 0) is 63.4 Å². The van der Waals surface area contributed by atoms with Crippen molar-refractivity contribution in [2.75, 3.05) is 0 Å². The number of aromatic nitrogens is 4. The normalized spacial score (nSPS) is 18.7. The predicted octanol–water partition coefficient (Wildman–Crippen LogP) is 4.73. The molecule has 166 valence electrons. The van der Waals surface area contributed by atoms with Crippen molar-refractivity contribution in [3.63, 3.8) is 0 Å². The van der Waals surface area contributed by atoms with E-state index >= 15 is 0 Å². The Hall–Kier alpha value is -3.80. The van der Waals surface area contributed by atoms with Crippen molar-refractivity contribution < 1.29 is 0 Å². The number of fused-ring (bicyclic) bond motifs is 5. The van der Waals surface area contributed by atoms with Crippen LogP contribution in [0.1, 0.15) is 55.2 Å². The van der Waals surface area contributed by atoms with Gasteiger partial charge in [0.1, 0.15) is 5.82 Å². The predicted molar refractivity (Wildman–Crippen MR) is 129 cm³/mol. The molecule has 6 heteroatoms. The monoisotopic (exact) mass is 438 g/mol. The number of aryl methyl sites for hydroxylation is 1. The highest BCUT2D eigenvalue weighted by Crippen LogP contribution is 2.60. The molecule has 33 heavy (non-hydrogen) atoms. The second kappa shape index (κ2) is 7.10. The molecule has 6 rings (SSSR count). The fraction of sp³-hybridized carbons (Fsp3) is 0.259. The Morgan fingerprint density at radius 2 is 1.61 bits per heavy atom. The van der Waals surface area contributed by atoms with Gasteiger partial charge in [-0.1, -0.05) is 47.0 Å². The van der Waals surface area contributed by atoms with Crippen LogP contribution in [-0.4, -0.2) is 18.9 Å². The lowest BCUT2D eigenvalue weighted by atomic mass is 9.95. The molecule has 2 bridgehead atoms. The van der Waals surface area contributed by atoms with Gasteiger partial charge < -0.3 is 4.57 Å². The number of allylic oxidation sites excluding steroid dienone is 2. The lowest BCUT2D eigenvalue weighted by molar-refractivity contribution is 0.704. The molecule has 0 aliphatic heterocycles. The van der Waals surface area contributed by atoms with Crippen LogP contribution in [-0.2, 0) is 0 Å². The van der Waals surface area contributed by atoms with Crippen LogP contribution < -0.4 is 11.4 Å². The fourth-order valence-electron chi connectivity index (χ4n) is 5.83. The molecule has 2 aromatic heterocycles. The third-order valence-corrected chi connectivity index (χ3v) is 7.18. The van der Waals surface area contributed by atoms with Crippen molar-refractivity contribution in [3.8, 4) is 17.2 Å². The molecule has 0 saturated heterocycles. The van der Waals surface area contributed by atoms with Crippen LogP contribution in [0.3, 0.4) is 0 Å². The minimum Gasteiger partial charge on any atom is -0.301 e. The Labute approximate surface area is 191 Å². The van der Waals surface area contributed by atoms with Crippen molar-refractivity contribution in [3.05, 3.63) is 110 Å². The zero-order valence-corrected chi connectivity index (χ0v) is 19.0. The maximum atomic E-state index is 13.6. The maximum absolute atomic E-state index is 13.6. The number of nitrogens with one attached hydrogen (secondary N) is 1. The van der Waals surface area contributed by atoms with Crippen molar-refractivity contribution in [1.82, 2.24) is 18.9 Å². The summed E-state index contributed by atoms with van der Waals surface area (Å²) in [4.78, 5) is 26.6. The largest absolute Gasteiger partial charge is 0.357 e. The minimum atomic E-state index is -0.442. The van der Waals surface area contributed by atoms with Gasteiger partial charge in [-0.2, -0.15) is 4.68 Å². The highest BCUT2D eigenvalue weighted by molar-refractivity contribution is 5.63. The number of H-pyrrole nitrogens is 1. The Morgan fingerprint density at radius 3 is 2.30 bits per heavy atom. The maximum Gasteiger partial charge on any atom is 0.357 e. The summed E-state index contributed by atoms with van der Waals surface area (Å²) in [5, 5.41) is 2.84. The summed E-state index contributed by atoms with van der Waals surface area (Å²) < 4.78 is 4.72. The number of para-hydroxylation sites is 1. The molecule has 0 amide bonds. The molecule has 2 aromatic carbocycles. The molecule has 4 aromatic rings. The Balaban J connectivity index is 1.65. The molecule has 2 aliphatic rings. The van der Waals surface area contributed by atoms with E-state index in [-0.39, 0.29) is 11.6 Å². The molecule has 1 saturated carbocycles. The molecule has 2 heterocycles. The van der Waals surface area contributed by atoms with Crippen LogP contribution in [0, 0.1) is 6.92 Å². The van der Waals surface area contributed by atoms with Crippen LogP contribution in [0.25, 0.3) is 17.2 Å². The van der Waals surface area contributed by atoms with E-state index in [0.717, 1.165) is 24.3 Å². The van der Waals surface area contributed by atoms with Crippen molar-refractivity contribution in [1.29, 1.82) is 0 Å². The van der Waals surface area contributed by atoms with Crippen LogP contribution in [0.4, 0.5) is 0 Å². The summed E-state index contributed by atoms with van der Waals surface area (Å²) >= 11 is 0. The van der Waals surface area contributed by atoms with Gasteiger partial charge in [0.2, 0.25) is 0 Å². The molecule has 0 radical (unpaired) electrons. The average molecular weight is 439 g/mol. The van der Waals surface area contributed by atoms with E-state index in [1.54, 1.807) is 12.1 Å². The van der Waals surface area contributed by atoms with Gasteiger partial charge >= 0.3 is 11.4 Å². The summed E-state index contributed by atoms with van der Waals surface area (Å²) in [7, 11) is 0. The molecular formula is C27H26N4O2. The number of rotatable bonds is 3. The zero-order valence-electron chi connectivity index (χ0n) is 19.0. The summed E-state index contributed by atoms with van der Waals surface area (Å²) in [6, 6.07) is 17.3. The zero-order chi connectivity index (χ0) is 22.9. The number of hydrogen-bond donors (Lipinski definition) is 1. The number of benzene rings is 2.